The number of ether oxygens (including phenoxy) is 3. The number of nitrogens with one attached hydrogen (secondary N) is 1. The topological polar surface area (TPSA) is 69.2 Å². The Hall–Kier alpha value is -3.02. The molecule has 0 fully saturated rings. The minimum Gasteiger partial charge on any atom is -0.497 e. The Kier molecular flexibility index (Phi) is 6.39. The van der Waals surface area contributed by atoms with Gasteiger partial charge in [-0.3, -0.25) is 4.79 Å². The average Bonchev–Trinajstić information content (AvgIpc) is 2.62. The molecule has 2 rings (SSSR count). The zero-order valence-electron chi connectivity index (χ0n) is 14.8. The first-order chi connectivity index (χ1) is 12.0. The molecule has 25 heavy (non-hydrogen) atoms. The number of carbonyl (C=O) groups is 1. The van der Waals surface area contributed by atoms with Crippen LogP contribution in [0.1, 0.15) is 16.7 Å². The predicted octanol–water partition coefficient (Wildman–Crippen LogP) is 2.85. The average molecular weight is 342 g/mol. The molecule has 0 heterocycles. The van der Waals surface area contributed by atoms with Gasteiger partial charge in [-0.25, -0.2) is 5.43 Å². The molecule has 0 atom stereocenters. The Labute approximate surface area is 147 Å². The maximum absolute atomic E-state index is 11.9. The highest BCUT2D eigenvalue weighted by molar-refractivity contribution is 5.86. The van der Waals surface area contributed by atoms with Crippen LogP contribution in [0, 0.1) is 13.8 Å². The summed E-state index contributed by atoms with van der Waals surface area (Å²) in [6.07, 6.45) is 1.50. The fourth-order valence-corrected chi connectivity index (χ4v) is 2.17. The van der Waals surface area contributed by atoms with Gasteiger partial charge in [-0.2, -0.15) is 5.10 Å². The van der Waals surface area contributed by atoms with Crippen molar-refractivity contribution in [2.75, 3.05) is 20.8 Å². The maximum atomic E-state index is 11.9. The zero-order valence-corrected chi connectivity index (χ0v) is 14.8. The predicted molar refractivity (Wildman–Crippen MR) is 96.7 cm³/mol. The molecule has 0 saturated heterocycles. The number of benzene rings is 2. The first-order valence-electron chi connectivity index (χ1n) is 7.78. The van der Waals surface area contributed by atoms with E-state index < -0.39 is 0 Å². The van der Waals surface area contributed by atoms with Crippen LogP contribution in [0.5, 0.6) is 17.2 Å². The van der Waals surface area contributed by atoms with E-state index in [2.05, 4.69) is 10.5 Å². The van der Waals surface area contributed by atoms with E-state index in [9.17, 15) is 4.79 Å². The van der Waals surface area contributed by atoms with Gasteiger partial charge in [0.2, 0.25) is 0 Å². The van der Waals surface area contributed by atoms with Gasteiger partial charge in [0.15, 0.2) is 6.61 Å². The summed E-state index contributed by atoms with van der Waals surface area (Å²) >= 11 is 0. The summed E-state index contributed by atoms with van der Waals surface area (Å²) in [5, 5.41) is 3.94. The molecule has 2 aromatic rings. The van der Waals surface area contributed by atoms with E-state index in [0.717, 1.165) is 11.1 Å². The molecule has 0 aliphatic rings. The molecular weight excluding hydrogens is 320 g/mol. The molecule has 0 spiro atoms. The highest BCUT2D eigenvalue weighted by Crippen LogP contribution is 2.22. The summed E-state index contributed by atoms with van der Waals surface area (Å²) in [5.74, 6) is 1.64. The number of amides is 1. The summed E-state index contributed by atoms with van der Waals surface area (Å²) < 4.78 is 15.9. The van der Waals surface area contributed by atoms with Crippen LogP contribution in [0.3, 0.4) is 0 Å². The number of hydrogen-bond donors (Lipinski definition) is 1. The smallest absolute Gasteiger partial charge is 0.277 e. The Morgan fingerprint density at radius 3 is 2.64 bits per heavy atom. The van der Waals surface area contributed by atoms with Gasteiger partial charge in [0.1, 0.15) is 17.2 Å². The van der Waals surface area contributed by atoms with Crippen LogP contribution in [0.4, 0.5) is 0 Å². The molecule has 1 amide bonds. The lowest BCUT2D eigenvalue weighted by atomic mass is 10.1. The van der Waals surface area contributed by atoms with Crippen molar-refractivity contribution in [3.05, 3.63) is 53.1 Å². The molecule has 0 aromatic heterocycles. The van der Waals surface area contributed by atoms with E-state index in [1.807, 2.05) is 32.0 Å². The largest absolute Gasteiger partial charge is 0.497 e. The van der Waals surface area contributed by atoms with Crippen LogP contribution in [0.25, 0.3) is 0 Å². The van der Waals surface area contributed by atoms with Crippen LogP contribution in [-0.4, -0.2) is 32.9 Å². The lowest BCUT2D eigenvalue weighted by Crippen LogP contribution is -2.24. The van der Waals surface area contributed by atoms with Crippen molar-refractivity contribution in [1.82, 2.24) is 5.43 Å². The standard InChI is InChI=1S/C19H22N2O4/c1-13-6-5-7-17(14(13)2)25-12-19(22)21-20-11-15-10-16(23-3)8-9-18(15)24-4/h5-11H,12H2,1-4H3,(H,21,22)/b20-11-. The molecule has 2 aromatic carbocycles. The van der Waals surface area contributed by atoms with Crippen molar-refractivity contribution in [2.24, 2.45) is 5.10 Å². The van der Waals surface area contributed by atoms with Gasteiger partial charge in [0.05, 0.1) is 20.4 Å². The number of nitrogens with zero attached hydrogens (tertiary/aromatic N) is 1. The molecular formula is C19H22N2O4. The van der Waals surface area contributed by atoms with E-state index in [1.165, 1.54) is 6.21 Å². The molecule has 0 saturated carbocycles. The molecule has 0 aliphatic carbocycles. The summed E-state index contributed by atoms with van der Waals surface area (Å²) in [6, 6.07) is 11.0. The van der Waals surface area contributed by atoms with Gasteiger partial charge in [-0.1, -0.05) is 12.1 Å². The highest BCUT2D eigenvalue weighted by Gasteiger charge is 2.06. The van der Waals surface area contributed by atoms with Crippen LogP contribution < -0.4 is 19.6 Å². The Morgan fingerprint density at radius 2 is 1.92 bits per heavy atom. The molecule has 1 N–H and O–H groups in total. The number of methoxy groups -OCH3 is 2. The van der Waals surface area contributed by atoms with Gasteiger partial charge in [0, 0.05) is 5.56 Å². The Balaban J connectivity index is 1.93. The van der Waals surface area contributed by atoms with Crippen molar-refractivity contribution in [3.63, 3.8) is 0 Å². The quantitative estimate of drug-likeness (QED) is 0.620. The normalized spacial score (nSPS) is 10.6. The van der Waals surface area contributed by atoms with Crippen molar-refractivity contribution in [2.45, 2.75) is 13.8 Å². The minimum atomic E-state index is -0.348. The summed E-state index contributed by atoms with van der Waals surface area (Å²) in [4.78, 5) is 11.9. The highest BCUT2D eigenvalue weighted by atomic mass is 16.5. The molecule has 0 aliphatic heterocycles. The van der Waals surface area contributed by atoms with Crippen molar-refractivity contribution in [1.29, 1.82) is 0 Å². The first-order valence-corrected chi connectivity index (χ1v) is 7.78. The first kappa shape index (κ1) is 18.3. The second-order valence-corrected chi connectivity index (χ2v) is 5.39. The SMILES string of the molecule is COc1ccc(OC)c(/C=N\NC(=O)COc2cccc(C)c2C)c1. The maximum Gasteiger partial charge on any atom is 0.277 e. The van der Waals surface area contributed by atoms with E-state index >= 15 is 0 Å². The van der Waals surface area contributed by atoms with Crippen molar-refractivity contribution < 1.29 is 19.0 Å². The van der Waals surface area contributed by atoms with E-state index in [-0.39, 0.29) is 12.5 Å². The fourth-order valence-electron chi connectivity index (χ4n) is 2.17. The zero-order chi connectivity index (χ0) is 18.2. The monoisotopic (exact) mass is 342 g/mol. The van der Waals surface area contributed by atoms with E-state index in [0.29, 0.717) is 22.8 Å². The van der Waals surface area contributed by atoms with Crippen LogP contribution in [-0.2, 0) is 4.79 Å². The second-order valence-electron chi connectivity index (χ2n) is 5.39. The molecule has 132 valence electrons. The second kappa shape index (κ2) is 8.73. The number of rotatable bonds is 7. The molecule has 0 unspecified atom stereocenters. The third-order valence-electron chi connectivity index (χ3n) is 3.74. The Bertz CT molecular complexity index is 772. The molecule has 6 nitrogen and oxygen atoms in total. The van der Waals surface area contributed by atoms with Crippen molar-refractivity contribution >= 4 is 12.1 Å². The van der Waals surface area contributed by atoms with Crippen molar-refractivity contribution in [3.8, 4) is 17.2 Å². The minimum absolute atomic E-state index is 0.114. The van der Waals surface area contributed by atoms with Gasteiger partial charge < -0.3 is 14.2 Å². The fraction of sp³-hybridized carbons (Fsp3) is 0.263. The molecule has 0 radical (unpaired) electrons. The lowest BCUT2D eigenvalue weighted by Gasteiger charge is -2.10. The lowest BCUT2D eigenvalue weighted by molar-refractivity contribution is -0.123. The third kappa shape index (κ3) is 4.97. The molecule has 0 bridgehead atoms. The van der Waals surface area contributed by atoms with E-state index in [4.69, 9.17) is 14.2 Å². The summed E-state index contributed by atoms with van der Waals surface area (Å²) in [7, 11) is 3.14. The number of hydrazone groups is 1. The number of hydrogen-bond acceptors (Lipinski definition) is 5. The third-order valence-corrected chi connectivity index (χ3v) is 3.74. The summed E-state index contributed by atoms with van der Waals surface area (Å²) in [5.41, 5.74) is 5.25. The van der Waals surface area contributed by atoms with Gasteiger partial charge in [0.25, 0.3) is 5.91 Å². The van der Waals surface area contributed by atoms with Gasteiger partial charge in [-0.05, 0) is 49.2 Å². The van der Waals surface area contributed by atoms with Crippen LogP contribution in [0.2, 0.25) is 0 Å². The van der Waals surface area contributed by atoms with Crippen LogP contribution >= 0.6 is 0 Å². The number of carbonyl (C=O) groups excluding carboxylic acids is 1. The molecule has 6 heteroatoms. The van der Waals surface area contributed by atoms with Gasteiger partial charge >= 0.3 is 0 Å². The summed E-state index contributed by atoms with van der Waals surface area (Å²) in [6.45, 7) is 3.83. The van der Waals surface area contributed by atoms with Crippen LogP contribution in [0.15, 0.2) is 41.5 Å². The Morgan fingerprint density at radius 1 is 1.12 bits per heavy atom. The number of aryl methyl sites for hydroxylation is 1. The van der Waals surface area contributed by atoms with Gasteiger partial charge in [-0.15, -0.1) is 0 Å². The van der Waals surface area contributed by atoms with E-state index in [1.54, 1.807) is 32.4 Å².